The number of rotatable bonds is 4. The highest BCUT2D eigenvalue weighted by Gasteiger charge is 2.49. The number of ether oxygens (including phenoxy) is 4. The average molecular weight is 431 g/mol. The second kappa shape index (κ2) is 7.01. The summed E-state index contributed by atoms with van der Waals surface area (Å²) in [5.41, 5.74) is 5.13. The number of methoxy groups -OCH3 is 3. The third kappa shape index (κ3) is 2.79. The van der Waals surface area contributed by atoms with Crippen molar-refractivity contribution in [1.82, 2.24) is 0 Å². The third-order valence-corrected chi connectivity index (χ3v) is 6.79. The van der Waals surface area contributed by atoms with Crippen LogP contribution < -0.4 is 14.2 Å². The van der Waals surface area contributed by atoms with Crippen LogP contribution in [0.25, 0.3) is 21.9 Å². The Hall–Kier alpha value is -2.98. The minimum atomic E-state index is -0.539. The van der Waals surface area contributed by atoms with E-state index in [4.69, 9.17) is 18.9 Å². The lowest BCUT2D eigenvalue weighted by atomic mass is 9.82. The van der Waals surface area contributed by atoms with Gasteiger partial charge in [0, 0.05) is 16.5 Å². The predicted octanol–water partition coefficient (Wildman–Crippen LogP) is 6.69. The first-order valence-electron chi connectivity index (χ1n) is 11.0. The van der Waals surface area contributed by atoms with Gasteiger partial charge in [-0.2, -0.15) is 0 Å². The number of hydrogen-bond donors (Lipinski definition) is 0. The zero-order valence-corrected chi connectivity index (χ0v) is 19.8. The van der Waals surface area contributed by atoms with E-state index in [9.17, 15) is 0 Å². The van der Waals surface area contributed by atoms with Crippen molar-refractivity contribution in [2.24, 2.45) is 0 Å². The molecule has 0 aliphatic carbocycles. The fourth-order valence-corrected chi connectivity index (χ4v) is 5.19. The molecule has 0 fully saturated rings. The van der Waals surface area contributed by atoms with Gasteiger partial charge < -0.3 is 18.9 Å². The third-order valence-electron chi connectivity index (χ3n) is 6.79. The van der Waals surface area contributed by atoms with E-state index in [2.05, 4.69) is 70.2 Å². The van der Waals surface area contributed by atoms with Crippen LogP contribution in [0.15, 0.2) is 48.6 Å². The van der Waals surface area contributed by atoms with E-state index in [1.807, 2.05) is 6.07 Å². The number of benzene rings is 3. The second-order valence-electron chi connectivity index (χ2n) is 9.75. The lowest BCUT2D eigenvalue weighted by Crippen LogP contribution is -2.17. The lowest BCUT2D eigenvalue weighted by Gasteiger charge is -2.26. The Bertz CT molecular complexity index is 1250. The zero-order valence-electron chi connectivity index (χ0n) is 19.8. The van der Waals surface area contributed by atoms with Crippen LogP contribution in [0, 0.1) is 0 Å². The number of hydrogen-bond acceptors (Lipinski definition) is 4. The molecule has 0 spiro atoms. The maximum Gasteiger partial charge on any atom is 0.137 e. The molecular weight excluding hydrogens is 400 g/mol. The van der Waals surface area contributed by atoms with Gasteiger partial charge >= 0.3 is 0 Å². The van der Waals surface area contributed by atoms with Gasteiger partial charge in [-0.1, -0.05) is 51.1 Å². The average Bonchev–Trinajstić information content (AvgIpc) is 3.31. The van der Waals surface area contributed by atoms with Crippen molar-refractivity contribution in [2.45, 2.75) is 44.8 Å². The summed E-state index contributed by atoms with van der Waals surface area (Å²) in [6.07, 6.45) is 4.06. The van der Waals surface area contributed by atoms with E-state index in [0.29, 0.717) is 0 Å². The maximum absolute atomic E-state index is 6.35. The summed E-state index contributed by atoms with van der Waals surface area (Å²) >= 11 is 0. The van der Waals surface area contributed by atoms with Gasteiger partial charge in [-0.25, -0.2) is 0 Å². The largest absolute Gasteiger partial charge is 0.496 e. The van der Waals surface area contributed by atoms with Gasteiger partial charge in [0.15, 0.2) is 0 Å². The standard InChI is InChI=1S/C28H30O4/c1-27(2,3)17-10-8-16(9-11-17)18-12-13-19(29-5)22-21(18)25(30-6)23-20-14-15-28(4,32-20)24(23)26(22)31-7/h8-15,20H,1-7H3/t20-,28+/m1/s1. The molecule has 5 rings (SSSR count). The van der Waals surface area contributed by atoms with Gasteiger partial charge in [0.25, 0.3) is 0 Å². The Morgan fingerprint density at radius 2 is 1.53 bits per heavy atom. The SMILES string of the molecule is COc1ccc(-c2ccc(C(C)(C)C)cc2)c2c(OC)c3c(c(OC)c12)[C@]1(C)C=C[C@H]3O1. The molecular formula is C28H30O4. The van der Waals surface area contributed by atoms with E-state index in [-0.39, 0.29) is 11.5 Å². The first-order valence-corrected chi connectivity index (χ1v) is 11.0. The molecule has 3 aromatic rings. The summed E-state index contributed by atoms with van der Waals surface area (Å²) in [5, 5.41) is 1.90. The normalized spacial score (nSPS) is 21.2. The molecule has 2 atom stereocenters. The van der Waals surface area contributed by atoms with Gasteiger partial charge in [-0.15, -0.1) is 0 Å². The second-order valence-corrected chi connectivity index (χ2v) is 9.75. The van der Waals surface area contributed by atoms with Crippen LogP contribution in [0.4, 0.5) is 0 Å². The van der Waals surface area contributed by atoms with Crippen molar-refractivity contribution >= 4 is 10.8 Å². The Labute approximate surface area is 189 Å². The van der Waals surface area contributed by atoms with E-state index in [1.165, 1.54) is 5.56 Å². The summed E-state index contributed by atoms with van der Waals surface area (Å²) in [6.45, 7) is 8.76. The molecule has 2 aliphatic heterocycles. The maximum atomic E-state index is 6.35. The zero-order chi connectivity index (χ0) is 22.8. The minimum Gasteiger partial charge on any atom is -0.496 e. The summed E-state index contributed by atoms with van der Waals surface area (Å²) in [5.74, 6) is 2.36. The highest BCUT2D eigenvalue weighted by Crippen LogP contribution is 2.61. The van der Waals surface area contributed by atoms with Gasteiger partial charge in [-0.3, -0.25) is 0 Å². The van der Waals surface area contributed by atoms with Crippen molar-refractivity contribution in [3.63, 3.8) is 0 Å². The van der Waals surface area contributed by atoms with Crippen LogP contribution >= 0.6 is 0 Å². The highest BCUT2D eigenvalue weighted by molar-refractivity contribution is 6.09. The summed E-state index contributed by atoms with van der Waals surface area (Å²) in [4.78, 5) is 0. The highest BCUT2D eigenvalue weighted by atomic mass is 16.5. The minimum absolute atomic E-state index is 0.0978. The Kier molecular flexibility index (Phi) is 4.58. The van der Waals surface area contributed by atoms with Gasteiger partial charge in [0.2, 0.25) is 0 Å². The van der Waals surface area contributed by atoms with Crippen molar-refractivity contribution in [1.29, 1.82) is 0 Å². The summed E-state index contributed by atoms with van der Waals surface area (Å²) in [7, 11) is 5.13. The summed E-state index contributed by atoms with van der Waals surface area (Å²) in [6, 6.07) is 12.9. The molecule has 0 saturated carbocycles. The molecule has 0 N–H and O–H groups in total. The Morgan fingerprint density at radius 3 is 2.12 bits per heavy atom. The van der Waals surface area contributed by atoms with E-state index in [0.717, 1.165) is 50.3 Å². The van der Waals surface area contributed by atoms with Crippen LogP contribution in [0.2, 0.25) is 0 Å². The van der Waals surface area contributed by atoms with Crippen molar-refractivity contribution in [3.8, 4) is 28.4 Å². The van der Waals surface area contributed by atoms with Crippen LogP contribution in [0.5, 0.6) is 17.2 Å². The predicted molar refractivity (Wildman–Crippen MR) is 128 cm³/mol. The molecule has 3 aromatic carbocycles. The molecule has 0 radical (unpaired) electrons. The van der Waals surface area contributed by atoms with Crippen molar-refractivity contribution < 1.29 is 18.9 Å². The molecule has 166 valence electrons. The van der Waals surface area contributed by atoms with Gasteiger partial charge in [-0.05, 0) is 47.2 Å². The van der Waals surface area contributed by atoms with E-state index < -0.39 is 5.60 Å². The molecule has 0 unspecified atom stereocenters. The Morgan fingerprint density at radius 1 is 0.844 bits per heavy atom. The number of fused-ring (bicyclic) bond motifs is 6. The van der Waals surface area contributed by atoms with Crippen LogP contribution in [0.3, 0.4) is 0 Å². The molecule has 0 aromatic heterocycles. The van der Waals surface area contributed by atoms with E-state index >= 15 is 0 Å². The van der Waals surface area contributed by atoms with Crippen LogP contribution in [-0.4, -0.2) is 21.3 Å². The first kappa shape index (κ1) is 20.9. The van der Waals surface area contributed by atoms with Crippen LogP contribution in [0.1, 0.15) is 50.5 Å². The fraction of sp³-hybridized carbons (Fsp3) is 0.357. The van der Waals surface area contributed by atoms with Crippen molar-refractivity contribution in [3.05, 3.63) is 65.2 Å². The quantitative estimate of drug-likeness (QED) is 0.432. The molecule has 4 heteroatoms. The van der Waals surface area contributed by atoms with Crippen molar-refractivity contribution in [2.75, 3.05) is 21.3 Å². The topological polar surface area (TPSA) is 36.9 Å². The van der Waals surface area contributed by atoms with Gasteiger partial charge in [0.05, 0.1) is 26.7 Å². The first-order chi connectivity index (χ1) is 15.2. The van der Waals surface area contributed by atoms with Crippen LogP contribution in [-0.2, 0) is 15.8 Å². The Balaban J connectivity index is 1.88. The monoisotopic (exact) mass is 430 g/mol. The summed E-state index contributed by atoms with van der Waals surface area (Å²) < 4.78 is 24.3. The van der Waals surface area contributed by atoms with E-state index in [1.54, 1.807) is 21.3 Å². The van der Waals surface area contributed by atoms with Gasteiger partial charge in [0.1, 0.15) is 29.0 Å². The lowest BCUT2D eigenvalue weighted by molar-refractivity contribution is 0.0101. The molecule has 2 bridgehead atoms. The molecule has 2 aliphatic rings. The molecule has 4 nitrogen and oxygen atoms in total. The molecule has 32 heavy (non-hydrogen) atoms. The molecule has 2 heterocycles. The fourth-order valence-electron chi connectivity index (χ4n) is 5.19. The molecule has 0 saturated heterocycles. The molecule has 0 amide bonds. The smallest absolute Gasteiger partial charge is 0.137 e.